The molecule has 2 rings (SSSR count). The first-order chi connectivity index (χ1) is 9.90. The molecule has 8 heteroatoms. The van der Waals surface area contributed by atoms with Crippen molar-refractivity contribution in [2.75, 3.05) is 0 Å². The van der Waals surface area contributed by atoms with Crippen LogP contribution >= 0.6 is 0 Å². The molecule has 0 aliphatic heterocycles. The summed E-state index contributed by atoms with van der Waals surface area (Å²) in [7, 11) is -2.47. The summed E-state index contributed by atoms with van der Waals surface area (Å²) in [6, 6.07) is 10.1. The number of nitrogens with zero attached hydrogens (tertiary/aromatic N) is 1. The minimum atomic E-state index is -3.92. The predicted molar refractivity (Wildman–Crippen MR) is 73.9 cm³/mol. The Morgan fingerprint density at radius 3 is 2.57 bits per heavy atom. The van der Waals surface area contributed by atoms with E-state index in [0.29, 0.717) is 0 Å². The first-order valence-corrected chi connectivity index (χ1v) is 7.45. The van der Waals surface area contributed by atoms with Gasteiger partial charge in [0.05, 0.1) is 6.61 Å². The quantitative estimate of drug-likeness (QED) is 0.780. The second-order valence-corrected chi connectivity index (χ2v) is 5.98. The Morgan fingerprint density at radius 2 is 2.00 bits per heavy atom. The van der Waals surface area contributed by atoms with Gasteiger partial charge in [-0.1, -0.05) is 35.2 Å². The Morgan fingerprint density at radius 1 is 1.33 bits per heavy atom. The van der Waals surface area contributed by atoms with Crippen LogP contribution < -0.4 is 4.89 Å². The van der Waals surface area contributed by atoms with Crippen molar-refractivity contribution >= 4 is 16.0 Å². The molecule has 0 radical (unpaired) electrons. The highest BCUT2D eigenvalue weighted by atomic mass is 32.2. The van der Waals surface area contributed by atoms with Crippen molar-refractivity contribution in [3.8, 4) is 0 Å². The van der Waals surface area contributed by atoms with Gasteiger partial charge in [0, 0.05) is 13.2 Å². The first-order valence-electron chi connectivity index (χ1n) is 5.97. The van der Waals surface area contributed by atoms with Crippen LogP contribution in [0.25, 0.3) is 0 Å². The van der Waals surface area contributed by atoms with Gasteiger partial charge in [0.1, 0.15) is 10.6 Å². The molecule has 0 fully saturated rings. The van der Waals surface area contributed by atoms with Crippen LogP contribution in [0.5, 0.6) is 0 Å². The highest BCUT2D eigenvalue weighted by molar-refractivity contribution is 7.89. The average molecular weight is 310 g/mol. The number of carbonyl (C=O) groups is 1. The van der Waals surface area contributed by atoms with Crippen molar-refractivity contribution in [2.45, 2.75) is 11.5 Å². The van der Waals surface area contributed by atoms with Gasteiger partial charge in [0.25, 0.3) is 10.0 Å². The summed E-state index contributed by atoms with van der Waals surface area (Å²) in [5.41, 5.74) is 0.679. The van der Waals surface area contributed by atoms with Crippen LogP contribution in [0, 0.1) is 0 Å². The smallest absolute Gasteiger partial charge is 0.352 e. The van der Waals surface area contributed by atoms with E-state index in [1.807, 2.05) is 23.1 Å². The Kier molecular flexibility index (Phi) is 4.41. The van der Waals surface area contributed by atoms with Crippen molar-refractivity contribution in [2.24, 2.45) is 7.05 Å². The summed E-state index contributed by atoms with van der Waals surface area (Å²) >= 11 is 0. The fourth-order valence-corrected chi connectivity index (χ4v) is 2.58. The molecular formula is C13H14N2O5S. The van der Waals surface area contributed by atoms with Crippen LogP contribution in [0.15, 0.2) is 47.5 Å². The van der Waals surface area contributed by atoms with Crippen molar-refractivity contribution in [3.05, 3.63) is 53.9 Å². The second-order valence-electron chi connectivity index (χ2n) is 4.34. The monoisotopic (exact) mass is 310 g/mol. The summed E-state index contributed by atoms with van der Waals surface area (Å²) in [5, 5.41) is 8.90. The van der Waals surface area contributed by atoms with Crippen molar-refractivity contribution < 1.29 is 23.2 Å². The van der Waals surface area contributed by atoms with Gasteiger partial charge in [0.2, 0.25) is 0 Å². The highest BCUT2D eigenvalue weighted by Gasteiger charge is 2.20. The molecule has 1 aromatic heterocycles. The second kappa shape index (κ2) is 6.08. The maximum Gasteiger partial charge on any atom is 0.352 e. The number of aromatic carboxylic acids is 1. The SMILES string of the molecule is Cn1cc(S(=O)(=O)NOCc2ccccc2)cc1C(=O)O. The zero-order chi connectivity index (χ0) is 15.5. The molecule has 0 unspecified atom stereocenters. The summed E-state index contributed by atoms with van der Waals surface area (Å²) in [6.45, 7) is 0.0681. The third kappa shape index (κ3) is 3.69. The van der Waals surface area contributed by atoms with E-state index in [2.05, 4.69) is 0 Å². The Labute approximate surface area is 121 Å². The lowest BCUT2D eigenvalue weighted by molar-refractivity contribution is 0.0686. The number of carboxylic acid groups (broad SMARTS) is 1. The molecule has 2 aromatic rings. The molecule has 0 aliphatic carbocycles. The van der Waals surface area contributed by atoms with Crippen molar-refractivity contribution in [1.82, 2.24) is 9.45 Å². The first kappa shape index (κ1) is 15.2. The van der Waals surface area contributed by atoms with Crippen LogP contribution in [0.1, 0.15) is 16.1 Å². The normalized spacial score (nSPS) is 11.5. The molecule has 0 saturated heterocycles. The lowest BCUT2D eigenvalue weighted by atomic mass is 10.2. The molecule has 0 atom stereocenters. The Bertz CT molecular complexity index is 737. The number of aryl methyl sites for hydroxylation is 1. The number of sulfonamides is 1. The molecule has 112 valence electrons. The molecule has 2 N–H and O–H groups in total. The summed E-state index contributed by atoms with van der Waals surface area (Å²) < 4.78 is 25.2. The fraction of sp³-hybridized carbons (Fsp3) is 0.154. The van der Waals surface area contributed by atoms with E-state index >= 15 is 0 Å². The molecule has 7 nitrogen and oxygen atoms in total. The average Bonchev–Trinajstić information content (AvgIpc) is 2.83. The fourth-order valence-electron chi connectivity index (χ4n) is 1.71. The van der Waals surface area contributed by atoms with Gasteiger partial charge in [0.15, 0.2) is 0 Å². The number of hydrogen-bond acceptors (Lipinski definition) is 4. The van der Waals surface area contributed by atoms with Crippen LogP contribution in [-0.2, 0) is 28.5 Å². The van der Waals surface area contributed by atoms with E-state index < -0.39 is 16.0 Å². The van der Waals surface area contributed by atoms with Gasteiger partial charge < -0.3 is 9.67 Å². The van der Waals surface area contributed by atoms with Gasteiger partial charge in [-0.15, -0.1) is 0 Å². The number of nitrogens with one attached hydrogen (secondary N) is 1. The standard InChI is InChI=1S/C13H14N2O5S/c1-15-8-11(7-12(15)13(16)17)21(18,19)14-20-9-10-5-3-2-4-6-10/h2-8,14H,9H2,1H3,(H,16,17). The summed E-state index contributed by atoms with van der Waals surface area (Å²) in [4.78, 5) is 17.6. The van der Waals surface area contributed by atoms with Crippen LogP contribution in [0.4, 0.5) is 0 Å². The highest BCUT2D eigenvalue weighted by Crippen LogP contribution is 2.13. The maximum atomic E-state index is 12.0. The summed E-state index contributed by atoms with van der Waals surface area (Å²) in [5.74, 6) is -1.20. The third-order valence-electron chi connectivity index (χ3n) is 2.76. The third-order valence-corrected chi connectivity index (χ3v) is 3.94. The number of aromatic nitrogens is 1. The molecule has 0 aliphatic rings. The summed E-state index contributed by atoms with van der Waals surface area (Å²) in [6.07, 6.45) is 1.21. The molecule has 21 heavy (non-hydrogen) atoms. The molecule has 1 heterocycles. The minimum absolute atomic E-state index is 0.0681. The van der Waals surface area contributed by atoms with Crippen molar-refractivity contribution in [1.29, 1.82) is 0 Å². The minimum Gasteiger partial charge on any atom is -0.477 e. The van der Waals surface area contributed by atoms with Gasteiger partial charge in [-0.05, 0) is 11.6 Å². The lowest BCUT2D eigenvalue weighted by Gasteiger charge is -2.05. The van der Waals surface area contributed by atoms with Crippen LogP contribution in [-0.4, -0.2) is 24.1 Å². The number of carboxylic acids is 1. The zero-order valence-electron chi connectivity index (χ0n) is 11.2. The van der Waals surface area contributed by atoms with Crippen LogP contribution in [0.3, 0.4) is 0 Å². The van der Waals surface area contributed by atoms with E-state index in [1.54, 1.807) is 12.1 Å². The van der Waals surface area contributed by atoms with Gasteiger partial charge in [-0.25, -0.2) is 13.2 Å². The number of benzene rings is 1. The topological polar surface area (TPSA) is 97.6 Å². The molecule has 0 amide bonds. The Hall–Kier alpha value is -2.16. The number of hydrogen-bond donors (Lipinski definition) is 2. The lowest BCUT2D eigenvalue weighted by Crippen LogP contribution is -2.23. The van der Waals surface area contributed by atoms with E-state index in [-0.39, 0.29) is 17.2 Å². The van der Waals surface area contributed by atoms with Gasteiger partial charge in [-0.2, -0.15) is 0 Å². The van der Waals surface area contributed by atoms with Gasteiger partial charge >= 0.3 is 5.97 Å². The van der Waals surface area contributed by atoms with E-state index in [4.69, 9.17) is 9.94 Å². The van der Waals surface area contributed by atoms with Crippen LogP contribution in [0.2, 0.25) is 0 Å². The van der Waals surface area contributed by atoms with E-state index in [9.17, 15) is 13.2 Å². The molecule has 0 saturated carbocycles. The van der Waals surface area contributed by atoms with E-state index in [1.165, 1.54) is 17.8 Å². The zero-order valence-corrected chi connectivity index (χ0v) is 12.0. The van der Waals surface area contributed by atoms with Gasteiger partial charge in [-0.3, -0.25) is 4.84 Å². The van der Waals surface area contributed by atoms with E-state index in [0.717, 1.165) is 11.6 Å². The maximum absolute atomic E-state index is 12.0. The predicted octanol–water partition coefficient (Wildman–Crippen LogP) is 1.13. The molecular weight excluding hydrogens is 296 g/mol. The van der Waals surface area contributed by atoms with Crippen molar-refractivity contribution in [3.63, 3.8) is 0 Å². The largest absolute Gasteiger partial charge is 0.477 e. The molecule has 0 bridgehead atoms. The number of rotatable bonds is 6. The molecule has 1 aromatic carbocycles. The molecule has 0 spiro atoms. The Balaban J connectivity index is 2.05.